The van der Waals surface area contributed by atoms with Crippen LogP contribution in [0.3, 0.4) is 0 Å². The van der Waals surface area contributed by atoms with Gasteiger partial charge in [-0.2, -0.15) is 0 Å². The highest BCUT2D eigenvalue weighted by Gasteiger charge is 2.64. The summed E-state index contributed by atoms with van der Waals surface area (Å²) in [5.74, 6) is 3.01. The normalized spacial score (nSPS) is 52.7. The van der Waals surface area contributed by atoms with Crippen LogP contribution in [-0.2, 0) is 4.79 Å². The molecule has 4 heteroatoms. The number of fused-ring (bicyclic) bond motifs is 5. The molecule has 0 aromatic heterocycles. The second-order valence-electron chi connectivity index (χ2n) is 11.5. The van der Waals surface area contributed by atoms with Gasteiger partial charge in [0.25, 0.3) is 0 Å². The van der Waals surface area contributed by atoms with Crippen LogP contribution in [0.4, 0.5) is 0 Å². The molecular weight excluding hydrogens is 362 g/mol. The molecule has 5 rings (SSSR count). The van der Waals surface area contributed by atoms with Gasteiger partial charge in [-0.25, -0.2) is 0 Å². The predicted molar refractivity (Wildman–Crippen MR) is 113 cm³/mol. The standard InChI is InChI=1S/C25H39NO3/c1-24-9-7-15(3-4-16-12-26-13-16)11-20(24)17(14-27)23(29)22-18-5-6-21(28)25(18,2)10-8-19(22)24/h3-4,15-20,22-23,26-27,29H,5-14H2,1-2H3/t15?,17?,18-,19+,20?,22-,23?,24+,25-/m0/s1. The maximum absolute atomic E-state index is 12.7. The highest BCUT2D eigenvalue weighted by atomic mass is 16.3. The molecule has 9 atom stereocenters. The van der Waals surface area contributed by atoms with E-state index < -0.39 is 6.10 Å². The first-order valence-corrected chi connectivity index (χ1v) is 12.1. The van der Waals surface area contributed by atoms with E-state index in [2.05, 4.69) is 31.3 Å². The molecule has 29 heavy (non-hydrogen) atoms. The minimum atomic E-state index is -0.461. The molecule has 1 saturated heterocycles. The molecule has 5 fully saturated rings. The number of hydrogen-bond acceptors (Lipinski definition) is 4. The van der Waals surface area contributed by atoms with Gasteiger partial charge in [0.05, 0.1) is 6.10 Å². The van der Waals surface area contributed by atoms with E-state index in [-0.39, 0.29) is 29.3 Å². The van der Waals surface area contributed by atoms with Gasteiger partial charge >= 0.3 is 0 Å². The second kappa shape index (κ2) is 7.17. The van der Waals surface area contributed by atoms with Crippen LogP contribution in [0.15, 0.2) is 12.2 Å². The quantitative estimate of drug-likeness (QED) is 0.635. The fraction of sp³-hybridized carbons (Fsp3) is 0.880. The maximum Gasteiger partial charge on any atom is 0.139 e. The van der Waals surface area contributed by atoms with Crippen LogP contribution in [0.25, 0.3) is 0 Å². The van der Waals surface area contributed by atoms with Crippen molar-refractivity contribution < 1.29 is 15.0 Å². The van der Waals surface area contributed by atoms with Crippen molar-refractivity contribution in [3.8, 4) is 0 Å². The van der Waals surface area contributed by atoms with E-state index in [1.54, 1.807) is 0 Å². The average Bonchev–Trinajstić information content (AvgIpc) is 2.97. The summed E-state index contributed by atoms with van der Waals surface area (Å²) in [6.45, 7) is 6.90. The Labute approximate surface area is 175 Å². The lowest BCUT2D eigenvalue weighted by Crippen LogP contribution is -2.62. The number of ketones is 1. The number of hydrogen-bond donors (Lipinski definition) is 3. The number of carbonyl (C=O) groups is 1. The molecule has 3 N–H and O–H groups in total. The van der Waals surface area contributed by atoms with Crippen molar-refractivity contribution in [1.82, 2.24) is 5.32 Å². The Balaban J connectivity index is 1.42. The third kappa shape index (κ3) is 2.92. The Hall–Kier alpha value is -0.710. The number of aliphatic hydroxyl groups excluding tert-OH is 2. The Morgan fingerprint density at radius 1 is 1.03 bits per heavy atom. The Morgan fingerprint density at radius 2 is 1.79 bits per heavy atom. The van der Waals surface area contributed by atoms with Crippen LogP contribution >= 0.6 is 0 Å². The fourth-order valence-electron chi connectivity index (χ4n) is 8.43. The molecular formula is C25H39NO3. The van der Waals surface area contributed by atoms with Crippen molar-refractivity contribution in [2.45, 2.75) is 64.9 Å². The van der Waals surface area contributed by atoms with E-state index in [0.717, 1.165) is 38.8 Å². The highest BCUT2D eigenvalue weighted by molar-refractivity contribution is 5.87. The number of Topliss-reactive ketones (excluding diaryl/α,β-unsaturated/α-hetero) is 1. The smallest absolute Gasteiger partial charge is 0.139 e. The fourth-order valence-corrected chi connectivity index (χ4v) is 8.43. The van der Waals surface area contributed by atoms with Crippen LogP contribution < -0.4 is 5.32 Å². The summed E-state index contributed by atoms with van der Waals surface area (Å²) >= 11 is 0. The SMILES string of the molecule is C[C@]12CCC(C=CC3CNC3)CC1C(CO)C(O)[C@@H]1[C@H]2CC[C@]2(C)C(=O)CC[C@@H]12. The molecule has 5 aliphatic rings. The van der Waals surface area contributed by atoms with Crippen molar-refractivity contribution in [2.24, 2.45) is 52.3 Å². The Morgan fingerprint density at radius 3 is 2.48 bits per heavy atom. The van der Waals surface area contributed by atoms with Crippen molar-refractivity contribution in [1.29, 1.82) is 0 Å². The first-order chi connectivity index (χ1) is 13.9. The summed E-state index contributed by atoms with van der Waals surface area (Å²) in [5.41, 5.74) is -0.0469. The maximum atomic E-state index is 12.7. The van der Waals surface area contributed by atoms with Gasteiger partial charge in [0.2, 0.25) is 0 Å². The zero-order valence-corrected chi connectivity index (χ0v) is 18.1. The summed E-state index contributed by atoms with van der Waals surface area (Å²) in [4.78, 5) is 12.7. The van der Waals surface area contributed by atoms with E-state index >= 15 is 0 Å². The molecule has 0 radical (unpaired) electrons. The highest BCUT2D eigenvalue weighted by Crippen LogP contribution is 2.67. The monoisotopic (exact) mass is 401 g/mol. The summed E-state index contributed by atoms with van der Waals surface area (Å²) in [7, 11) is 0. The summed E-state index contributed by atoms with van der Waals surface area (Å²) in [6, 6.07) is 0. The van der Waals surface area contributed by atoms with Gasteiger partial charge in [0.1, 0.15) is 5.78 Å². The molecule has 4 unspecified atom stereocenters. The van der Waals surface area contributed by atoms with Crippen molar-refractivity contribution in [3.05, 3.63) is 12.2 Å². The van der Waals surface area contributed by atoms with E-state index in [9.17, 15) is 15.0 Å². The van der Waals surface area contributed by atoms with Crippen molar-refractivity contribution in [3.63, 3.8) is 0 Å². The second-order valence-corrected chi connectivity index (χ2v) is 11.5. The summed E-state index contributed by atoms with van der Waals surface area (Å²) in [6.07, 6.45) is 11.6. The van der Waals surface area contributed by atoms with Gasteiger partial charge in [-0.15, -0.1) is 0 Å². The van der Waals surface area contributed by atoms with Crippen molar-refractivity contribution >= 4 is 5.78 Å². The summed E-state index contributed by atoms with van der Waals surface area (Å²) in [5, 5.41) is 25.2. The topological polar surface area (TPSA) is 69.6 Å². The largest absolute Gasteiger partial charge is 0.396 e. The van der Waals surface area contributed by atoms with Gasteiger partial charge in [-0.05, 0) is 73.5 Å². The van der Waals surface area contributed by atoms with Crippen LogP contribution in [0.1, 0.15) is 58.8 Å². The zero-order valence-electron chi connectivity index (χ0n) is 18.1. The van der Waals surface area contributed by atoms with E-state index in [1.165, 1.54) is 12.8 Å². The van der Waals surface area contributed by atoms with Crippen molar-refractivity contribution in [2.75, 3.05) is 19.7 Å². The molecule has 162 valence electrons. The van der Waals surface area contributed by atoms with Gasteiger partial charge in [0.15, 0.2) is 0 Å². The zero-order chi connectivity index (χ0) is 20.4. The number of rotatable bonds is 3. The van der Waals surface area contributed by atoms with Crippen LogP contribution in [0.5, 0.6) is 0 Å². The number of carbonyl (C=O) groups excluding carboxylic acids is 1. The molecule has 0 bridgehead atoms. The Kier molecular flexibility index (Phi) is 5.00. The van der Waals surface area contributed by atoms with Gasteiger partial charge < -0.3 is 15.5 Å². The lowest BCUT2D eigenvalue weighted by Gasteiger charge is -2.63. The molecule has 4 nitrogen and oxygen atoms in total. The molecule has 4 aliphatic carbocycles. The molecule has 0 amide bonds. The molecule has 4 saturated carbocycles. The van der Waals surface area contributed by atoms with Crippen LogP contribution in [0, 0.1) is 52.3 Å². The van der Waals surface area contributed by atoms with Gasteiger partial charge in [-0.3, -0.25) is 4.79 Å². The van der Waals surface area contributed by atoms with Crippen LogP contribution in [-0.4, -0.2) is 41.8 Å². The molecule has 1 heterocycles. The van der Waals surface area contributed by atoms with E-state index in [1.807, 2.05) is 0 Å². The first-order valence-electron chi connectivity index (χ1n) is 12.1. The minimum Gasteiger partial charge on any atom is -0.396 e. The molecule has 0 aromatic rings. The van der Waals surface area contributed by atoms with Gasteiger partial charge in [0, 0.05) is 43.4 Å². The lowest BCUT2D eigenvalue weighted by atomic mass is 9.42. The molecule has 1 aliphatic heterocycles. The Bertz CT molecular complexity index is 688. The number of nitrogens with one attached hydrogen (secondary N) is 1. The van der Waals surface area contributed by atoms with E-state index in [0.29, 0.717) is 41.8 Å². The van der Waals surface area contributed by atoms with E-state index in [4.69, 9.17) is 0 Å². The average molecular weight is 402 g/mol. The predicted octanol–water partition coefficient (Wildman–Crippen LogP) is 3.18. The molecule has 0 aromatic carbocycles. The minimum absolute atomic E-state index is 0.0409. The third-order valence-corrected chi connectivity index (χ3v) is 10.4. The third-order valence-electron chi connectivity index (χ3n) is 10.4. The summed E-state index contributed by atoms with van der Waals surface area (Å²) < 4.78 is 0. The van der Waals surface area contributed by atoms with Gasteiger partial charge in [-0.1, -0.05) is 26.0 Å². The number of aliphatic hydroxyl groups is 2. The van der Waals surface area contributed by atoms with Crippen LogP contribution in [0.2, 0.25) is 0 Å². The first kappa shape index (κ1) is 20.2. The lowest BCUT2D eigenvalue weighted by molar-refractivity contribution is -0.199. The molecule has 0 spiro atoms. The number of allylic oxidation sites excluding steroid dienone is 1.